The highest BCUT2D eigenvalue weighted by molar-refractivity contribution is 9.10. The highest BCUT2D eigenvalue weighted by Gasteiger charge is 2.41. The predicted molar refractivity (Wildman–Crippen MR) is 126 cm³/mol. The van der Waals surface area contributed by atoms with Crippen molar-refractivity contribution in [3.63, 3.8) is 0 Å². The van der Waals surface area contributed by atoms with E-state index >= 15 is 0 Å². The first kappa shape index (κ1) is 20.0. The van der Waals surface area contributed by atoms with E-state index in [1.54, 1.807) is 0 Å². The van der Waals surface area contributed by atoms with Crippen molar-refractivity contribution in [2.45, 2.75) is 18.3 Å². The standard InChI is InChI=1S/C25H22BrN3O2/c26-19-9-7-18(8-10-19)25(13-15-31-16-14-25)24(30)27-20-11-5-17(6-12-20)23-28-21-3-1-2-4-22(21)29-23/h1-12H,13-16H2,(H,27,30)(H,28,29). The number of amides is 1. The Hall–Kier alpha value is -2.96. The molecule has 31 heavy (non-hydrogen) atoms. The maximum atomic E-state index is 13.5. The monoisotopic (exact) mass is 475 g/mol. The van der Waals surface area contributed by atoms with E-state index < -0.39 is 5.41 Å². The molecule has 0 unspecified atom stereocenters. The molecule has 2 N–H and O–H groups in total. The molecule has 5 rings (SSSR count). The number of rotatable bonds is 4. The molecular weight excluding hydrogens is 454 g/mol. The number of halogens is 1. The number of H-pyrrole nitrogens is 1. The summed E-state index contributed by atoms with van der Waals surface area (Å²) in [6, 6.07) is 23.8. The number of anilines is 1. The maximum Gasteiger partial charge on any atom is 0.235 e. The summed E-state index contributed by atoms with van der Waals surface area (Å²) in [5.41, 5.74) is 4.12. The van der Waals surface area contributed by atoms with Gasteiger partial charge in [-0.2, -0.15) is 0 Å². The quantitative estimate of drug-likeness (QED) is 0.398. The zero-order chi connectivity index (χ0) is 21.3. The Balaban J connectivity index is 1.39. The van der Waals surface area contributed by atoms with Crippen LogP contribution in [0.4, 0.5) is 5.69 Å². The van der Waals surface area contributed by atoms with Crippen molar-refractivity contribution in [1.82, 2.24) is 9.97 Å². The van der Waals surface area contributed by atoms with Crippen LogP contribution in [0.2, 0.25) is 0 Å². The van der Waals surface area contributed by atoms with Crippen molar-refractivity contribution < 1.29 is 9.53 Å². The molecule has 1 saturated heterocycles. The van der Waals surface area contributed by atoms with Crippen LogP contribution in [-0.2, 0) is 14.9 Å². The molecule has 0 aliphatic carbocycles. The number of carbonyl (C=O) groups is 1. The third-order valence-corrected chi connectivity index (χ3v) is 6.51. The number of aromatic nitrogens is 2. The van der Waals surface area contributed by atoms with Crippen LogP contribution in [0.25, 0.3) is 22.4 Å². The molecule has 0 bridgehead atoms. The summed E-state index contributed by atoms with van der Waals surface area (Å²) >= 11 is 3.48. The largest absolute Gasteiger partial charge is 0.381 e. The fraction of sp³-hybridized carbons (Fsp3) is 0.200. The van der Waals surface area contributed by atoms with E-state index in [0.29, 0.717) is 26.1 Å². The van der Waals surface area contributed by atoms with Crippen LogP contribution in [0.15, 0.2) is 77.3 Å². The minimum Gasteiger partial charge on any atom is -0.381 e. The highest BCUT2D eigenvalue weighted by Crippen LogP contribution is 2.37. The van der Waals surface area contributed by atoms with Crippen LogP contribution >= 0.6 is 15.9 Å². The molecule has 1 aliphatic heterocycles. The lowest BCUT2D eigenvalue weighted by Gasteiger charge is -2.36. The molecule has 1 aromatic heterocycles. The predicted octanol–water partition coefficient (Wildman–Crippen LogP) is 5.68. The summed E-state index contributed by atoms with van der Waals surface area (Å²) < 4.78 is 6.56. The third kappa shape index (κ3) is 3.89. The number of ether oxygens (including phenoxy) is 1. The first-order chi connectivity index (χ1) is 15.1. The summed E-state index contributed by atoms with van der Waals surface area (Å²) in [5.74, 6) is 0.824. The van der Waals surface area contributed by atoms with E-state index in [9.17, 15) is 4.79 Å². The first-order valence-corrected chi connectivity index (χ1v) is 11.1. The smallest absolute Gasteiger partial charge is 0.235 e. The van der Waals surface area contributed by atoms with Crippen molar-refractivity contribution in [3.8, 4) is 11.4 Å². The molecule has 0 saturated carbocycles. The van der Waals surface area contributed by atoms with Gasteiger partial charge in [0.1, 0.15) is 5.82 Å². The lowest BCUT2D eigenvalue weighted by molar-refractivity contribution is -0.125. The van der Waals surface area contributed by atoms with Crippen LogP contribution in [0.1, 0.15) is 18.4 Å². The molecule has 6 heteroatoms. The number of imidazole rings is 1. The average molecular weight is 476 g/mol. The SMILES string of the molecule is O=C(Nc1ccc(-c2nc3ccccc3[nH]2)cc1)C1(c2ccc(Br)cc2)CCOCC1. The molecule has 2 heterocycles. The van der Waals surface area contributed by atoms with Crippen molar-refractivity contribution in [1.29, 1.82) is 0 Å². The second-order valence-electron chi connectivity index (χ2n) is 7.84. The number of nitrogens with zero attached hydrogens (tertiary/aromatic N) is 1. The molecule has 0 spiro atoms. The van der Waals surface area contributed by atoms with E-state index in [-0.39, 0.29) is 5.91 Å². The lowest BCUT2D eigenvalue weighted by Crippen LogP contribution is -2.44. The van der Waals surface area contributed by atoms with E-state index in [0.717, 1.165) is 38.1 Å². The van der Waals surface area contributed by atoms with E-state index in [1.807, 2.05) is 72.8 Å². The molecule has 1 aliphatic rings. The van der Waals surface area contributed by atoms with Gasteiger partial charge in [0.25, 0.3) is 0 Å². The molecule has 0 atom stereocenters. The van der Waals surface area contributed by atoms with Gasteiger partial charge < -0.3 is 15.0 Å². The number of para-hydroxylation sites is 2. The number of aromatic amines is 1. The normalized spacial score (nSPS) is 15.6. The second-order valence-corrected chi connectivity index (χ2v) is 8.75. The van der Waals surface area contributed by atoms with E-state index in [2.05, 4.69) is 31.2 Å². The summed E-state index contributed by atoms with van der Waals surface area (Å²) in [7, 11) is 0. The Morgan fingerprint density at radius 2 is 1.68 bits per heavy atom. The first-order valence-electron chi connectivity index (χ1n) is 10.3. The minimum atomic E-state index is -0.587. The number of nitrogens with one attached hydrogen (secondary N) is 2. The molecule has 4 aromatic rings. The number of carbonyl (C=O) groups excluding carboxylic acids is 1. The third-order valence-electron chi connectivity index (χ3n) is 5.98. The second kappa shape index (κ2) is 8.29. The molecule has 3 aromatic carbocycles. The van der Waals surface area contributed by atoms with Gasteiger partial charge in [-0.05, 0) is 66.9 Å². The number of benzene rings is 3. The molecule has 156 valence electrons. The minimum absolute atomic E-state index is 0.00890. The Kier molecular flexibility index (Phi) is 5.34. The lowest BCUT2D eigenvalue weighted by atomic mass is 9.73. The van der Waals surface area contributed by atoms with E-state index in [1.165, 1.54) is 0 Å². The van der Waals surface area contributed by atoms with Gasteiger partial charge >= 0.3 is 0 Å². The Labute approximate surface area is 189 Å². The molecule has 1 amide bonds. The zero-order valence-electron chi connectivity index (χ0n) is 16.9. The van der Waals surface area contributed by atoms with Gasteiger partial charge in [0, 0.05) is 28.9 Å². The van der Waals surface area contributed by atoms with Gasteiger partial charge in [-0.25, -0.2) is 4.98 Å². The average Bonchev–Trinajstić information content (AvgIpc) is 3.25. The van der Waals surface area contributed by atoms with Crippen LogP contribution in [0, 0.1) is 0 Å². The molecule has 5 nitrogen and oxygen atoms in total. The number of fused-ring (bicyclic) bond motifs is 1. The topological polar surface area (TPSA) is 67.0 Å². The van der Waals surface area contributed by atoms with Crippen molar-refractivity contribution >= 4 is 38.6 Å². The van der Waals surface area contributed by atoms with Crippen LogP contribution in [0.3, 0.4) is 0 Å². The fourth-order valence-electron chi connectivity index (χ4n) is 4.19. The summed E-state index contributed by atoms with van der Waals surface area (Å²) in [6.07, 6.45) is 1.33. The summed E-state index contributed by atoms with van der Waals surface area (Å²) in [5, 5.41) is 3.13. The van der Waals surface area contributed by atoms with Crippen LogP contribution < -0.4 is 5.32 Å². The van der Waals surface area contributed by atoms with Gasteiger partial charge in [0.05, 0.1) is 16.4 Å². The highest BCUT2D eigenvalue weighted by atomic mass is 79.9. The van der Waals surface area contributed by atoms with Gasteiger partial charge in [0.15, 0.2) is 0 Å². The fourth-order valence-corrected chi connectivity index (χ4v) is 4.45. The van der Waals surface area contributed by atoms with Gasteiger partial charge in [-0.3, -0.25) is 4.79 Å². The van der Waals surface area contributed by atoms with Crippen LogP contribution in [-0.4, -0.2) is 29.1 Å². The molecule has 1 fully saturated rings. The van der Waals surface area contributed by atoms with Crippen molar-refractivity contribution in [2.24, 2.45) is 0 Å². The Bertz CT molecular complexity index is 1180. The van der Waals surface area contributed by atoms with Crippen LogP contribution in [0.5, 0.6) is 0 Å². The maximum absolute atomic E-state index is 13.5. The number of hydrogen-bond donors (Lipinski definition) is 2. The van der Waals surface area contributed by atoms with Crippen molar-refractivity contribution in [2.75, 3.05) is 18.5 Å². The summed E-state index contributed by atoms with van der Waals surface area (Å²) in [6.45, 7) is 1.16. The molecular formula is C25H22BrN3O2. The van der Waals surface area contributed by atoms with Gasteiger partial charge in [0.2, 0.25) is 5.91 Å². The van der Waals surface area contributed by atoms with Crippen molar-refractivity contribution in [3.05, 3.63) is 82.8 Å². The van der Waals surface area contributed by atoms with Gasteiger partial charge in [-0.15, -0.1) is 0 Å². The number of hydrogen-bond acceptors (Lipinski definition) is 3. The Morgan fingerprint density at radius 3 is 2.39 bits per heavy atom. The zero-order valence-corrected chi connectivity index (χ0v) is 18.5. The summed E-state index contributed by atoms with van der Waals surface area (Å²) in [4.78, 5) is 21.4. The van der Waals surface area contributed by atoms with Gasteiger partial charge in [-0.1, -0.05) is 40.2 Å². The van der Waals surface area contributed by atoms with E-state index in [4.69, 9.17) is 4.74 Å². The Morgan fingerprint density at radius 1 is 0.968 bits per heavy atom. The molecule has 0 radical (unpaired) electrons.